The van der Waals surface area contributed by atoms with E-state index in [1.165, 1.54) is 12.8 Å². The highest BCUT2D eigenvalue weighted by Crippen LogP contribution is 2.25. The Bertz CT molecular complexity index is 466. The first-order chi connectivity index (χ1) is 9.56. The van der Waals surface area contributed by atoms with Crippen molar-refractivity contribution >= 4 is 5.91 Å². The number of rotatable bonds is 5. The molecule has 1 atom stereocenters. The van der Waals surface area contributed by atoms with Gasteiger partial charge in [0, 0.05) is 17.6 Å². The van der Waals surface area contributed by atoms with E-state index in [0.717, 1.165) is 24.0 Å². The SMILES string of the molecule is Cc1ccc(OCC(=O)NC2CCCC2)c([C@H](C)N)c1. The van der Waals surface area contributed by atoms with Gasteiger partial charge in [-0.3, -0.25) is 4.79 Å². The minimum atomic E-state index is -0.109. The monoisotopic (exact) mass is 276 g/mol. The first-order valence-corrected chi connectivity index (χ1v) is 7.34. The van der Waals surface area contributed by atoms with Gasteiger partial charge in [0.2, 0.25) is 0 Å². The van der Waals surface area contributed by atoms with E-state index in [1.54, 1.807) is 0 Å². The fraction of sp³-hybridized carbons (Fsp3) is 0.562. The Morgan fingerprint density at radius 1 is 1.45 bits per heavy atom. The van der Waals surface area contributed by atoms with Crippen LogP contribution < -0.4 is 15.8 Å². The molecule has 1 amide bonds. The van der Waals surface area contributed by atoms with Crippen molar-refractivity contribution in [2.24, 2.45) is 5.73 Å². The van der Waals surface area contributed by atoms with Crippen LogP contribution in [0.15, 0.2) is 18.2 Å². The molecular weight excluding hydrogens is 252 g/mol. The third-order valence-corrected chi connectivity index (χ3v) is 3.73. The molecule has 110 valence electrons. The van der Waals surface area contributed by atoms with Gasteiger partial charge in [0.05, 0.1) is 0 Å². The van der Waals surface area contributed by atoms with E-state index < -0.39 is 0 Å². The van der Waals surface area contributed by atoms with E-state index in [1.807, 2.05) is 32.0 Å². The van der Waals surface area contributed by atoms with Gasteiger partial charge in [-0.05, 0) is 32.8 Å². The number of carbonyl (C=O) groups is 1. The Hall–Kier alpha value is -1.55. The summed E-state index contributed by atoms with van der Waals surface area (Å²) in [5.74, 6) is 0.653. The van der Waals surface area contributed by atoms with Crippen molar-refractivity contribution in [1.29, 1.82) is 0 Å². The molecule has 1 aliphatic rings. The predicted molar refractivity (Wildman–Crippen MR) is 79.7 cm³/mol. The number of nitrogens with one attached hydrogen (secondary N) is 1. The molecule has 1 fully saturated rings. The number of hydrogen-bond donors (Lipinski definition) is 2. The Balaban J connectivity index is 1.91. The van der Waals surface area contributed by atoms with Crippen molar-refractivity contribution in [3.05, 3.63) is 29.3 Å². The van der Waals surface area contributed by atoms with Crippen LogP contribution in [0.2, 0.25) is 0 Å². The zero-order valence-electron chi connectivity index (χ0n) is 12.3. The smallest absolute Gasteiger partial charge is 0.258 e. The molecule has 0 heterocycles. The summed E-state index contributed by atoms with van der Waals surface area (Å²) >= 11 is 0. The van der Waals surface area contributed by atoms with Crippen molar-refractivity contribution in [2.75, 3.05) is 6.61 Å². The largest absolute Gasteiger partial charge is 0.483 e. The molecule has 4 nitrogen and oxygen atoms in total. The molecule has 3 N–H and O–H groups in total. The van der Waals surface area contributed by atoms with E-state index >= 15 is 0 Å². The van der Waals surface area contributed by atoms with Crippen molar-refractivity contribution in [3.8, 4) is 5.75 Å². The number of carbonyl (C=O) groups excluding carboxylic acids is 1. The van der Waals surface area contributed by atoms with Crippen molar-refractivity contribution in [1.82, 2.24) is 5.32 Å². The second-order valence-corrected chi connectivity index (χ2v) is 5.67. The van der Waals surface area contributed by atoms with Crippen LogP contribution in [0.5, 0.6) is 5.75 Å². The summed E-state index contributed by atoms with van der Waals surface area (Å²) in [6.45, 7) is 3.99. The zero-order chi connectivity index (χ0) is 14.5. The normalized spacial score (nSPS) is 16.9. The average Bonchev–Trinajstić information content (AvgIpc) is 2.90. The van der Waals surface area contributed by atoms with E-state index in [9.17, 15) is 4.79 Å². The number of benzene rings is 1. The molecule has 0 aromatic heterocycles. The zero-order valence-corrected chi connectivity index (χ0v) is 12.3. The van der Waals surface area contributed by atoms with Crippen LogP contribution in [0, 0.1) is 6.92 Å². The van der Waals surface area contributed by atoms with Crippen LogP contribution in [0.1, 0.15) is 49.8 Å². The van der Waals surface area contributed by atoms with Crippen LogP contribution in [-0.2, 0) is 4.79 Å². The van der Waals surface area contributed by atoms with Gasteiger partial charge < -0.3 is 15.8 Å². The second kappa shape index (κ2) is 6.75. The molecule has 0 spiro atoms. The summed E-state index contributed by atoms with van der Waals surface area (Å²) < 4.78 is 5.63. The van der Waals surface area contributed by atoms with Crippen LogP contribution in [-0.4, -0.2) is 18.6 Å². The summed E-state index contributed by atoms with van der Waals surface area (Å²) in [5.41, 5.74) is 8.02. The minimum absolute atomic E-state index is 0.0481. The van der Waals surface area contributed by atoms with E-state index in [0.29, 0.717) is 11.8 Å². The fourth-order valence-electron chi connectivity index (χ4n) is 2.64. The van der Waals surface area contributed by atoms with E-state index in [-0.39, 0.29) is 18.6 Å². The van der Waals surface area contributed by atoms with Crippen LogP contribution in [0.25, 0.3) is 0 Å². The molecule has 1 aliphatic carbocycles. The average molecular weight is 276 g/mol. The molecule has 0 radical (unpaired) electrons. The molecule has 1 saturated carbocycles. The van der Waals surface area contributed by atoms with Crippen molar-refractivity contribution < 1.29 is 9.53 Å². The number of ether oxygens (including phenoxy) is 1. The summed E-state index contributed by atoms with van der Waals surface area (Å²) in [7, 11) is 0. The Labute approximate surface area is 120 Å². The summed E-state index contributed by atoms with van der Waals surface area (Å²) in [6, 6.07) is 6.08. The lowest BCUT2D eigenvalue weighted by Crippen LogP contribution is -2.36. The summed E-state index contributed by atoms with van der Waals surface area (Å²) in [5, 5.41) is 3.01. The molecule has 4 heteroatoms. The molecule has 0 bridgehead atoms. The topological polar surface area (TPSA) is 64.3 Å². The molecule has 1 aromatic carbocycles. The molecule has 2 rings (SSSR count). The maximum atomic E-state index is 11.9. The quantitative estimate of drug-likeness (QED) is 0.868. The standard InChI is InChI=1S/C16H24N2O2/c1-11-7-8-15(14(9-11)12(2)17)20-10-16(19)18-13-5-3-4-6-13/h7-9,12-13H,3-6,10,17H2,1-2H3,(H,18,19)/t12-/m0/s1. The summed E-state index contributed by atoms with van der Waals surface area (Å²) in [6.07, 6.45) is 4.58. The molecule has 0 saturated heterocycles. The maximum absolute atomic E-state index is 11.9. The van der Waals surface area contributed by atoms with Crippen molar-refractivity contribution in [3.63, 3.8) is 0 Å². The van der Waals surface area contributed by atoms with Gasteiger partial charge in [-0.2, -0.15) is 0 Å². The Kier molecular flexibility index (Phi) is 5.01. The van der Waals surface area contributed by atoms with Gasteiger partial charge >= 0.3 is 0 Å². The molecule has 1 aromatic rings. The van der Waals surface area contributed by atoms with Crippen LogP contribution in [0.3, 0.4) is 0 Å². The first kappa shape index (κ1) is 14.9. The lowest BCUT2D eigenvalue weighted by Gasteiger charge is -2.16. The van der Waals surface area contributed by atoms with E-state index in [4.69, 9.17) is 10.5 Å². The van der Waals surface area contributed by atoms with Crippen LogP contribution in [0.4, 0.5) is 0 Å². The predicted octanol–water partition coefficient (Wildman–Crippen LogP) is 2.45. The van der Waals surface area contributed by atoms with Crippen molar-refractivity contribution in [2.45, 2.75) is 51.6 Å². The highest BCUT2D eigenvalue weighted by molar-refractivity contribution is 5.77. The lowest BCUT2D eigenvalue weighted by atomic mass is 10.1. The van der Waals surface area contributed by atoms with Crippen LogP contribution >= 0.6 is 0 Å². The van der Waals surface area contributed by atoms with Gasteiger partial charge in [-0.25, -0.2) is 0 Å². The summed E-state index contributed by atoms with van der Waals surface area (Å²) in [4.78, 5) is 11.9. The highest BCUT2D eigenvalue weighted by Gasteiger charge is 2.17. The molecule has 0 unspecified atom stereocenters. The molecule has 0 aliphatic heterocycles. The molecule has 20 heavy (non-hydrogen) atoms. The molecular formula is C16H24N2O2. The fourth-order valence-corrected chi connectivity index (χ4v) is 2.64. The third kappa shape index (κ3) is 3.97. The third-order valence-electron chi connectivity index (χ3n) is 3.73. The van der Waals surface area contributed by atoms with Gasteiger partial charge in [-0.1, -0.05) is 30.5 Å². The minimum Gasteiger partial charge on any atom is -0.483 e. The second-order valence-electron chi connectivity index (χ2n) is 5.67. The maximum Gasteiger partial charge on any atom is 0.258 e. The van der Waals surface area contributed by atoms with Gasteiger partial charge in [0.1, 0.15) is 5.75 Å². The number of amides is 1. The van der Waals surface area contributed by atoms with Gasteiger partial charge in [-0.15, -0.1) is 0 Å². The first-order valence-electron chi connectivity index (χ1n) is 7.34. The number of nitrogens with two attached hydrogens (primary N) is 1. The van der Waals surface area contributed by atoms with Gasteiger partial charge in [0.15, 0.2) is 6.61 Å². The Morgan fingerprint density at radius 3 is 2.80 bits per heavy atom. The Morgan fingerprint density at radius 2 is 2.15 bits per heavy atom. The van der Waals surface area contributed by atoms with Gasteiger partial charge in [0.25, 0.3) is 5.91 Å². The highest BCUT2D eigenvalue weighted by atomic mass is 16.5. The number of aryl methyl sites for hydroxylation is 1. The lowest BCUT2D eigenvalue weighted by molar-refractivity contribution is -0.123. The van der Waals surface area contributed by atoms with E-state index in [2.05, 4.69) is 5.32 Å². The number of hydrogen-bond acceptors (Lipinski definition) is 3.